The van der Waals surface area contributed by atoms with Crippen LogP contribution in [-0.2, 0) is 4.74 Å². The van der Waals surface area contributed by atoms with Crippen LogP contribution in [0.1, 0.15) is 6.23 Å². The van der Waals surface area contributed by atoms with Crippen molar-refractivity contribution in [1.82, 2.24) is 25.0 Å². The van der Waals surface area contributed by atoms with Gasteiger partial charge in [-0.2, -0.15) is 4.68 Å². The third-order valence-corrected chi connectivity index (χ3v) is 3.16. The molecule has 0 aromatic carbocycles. The molecule has 4 atom stereocenters. The number of hydrogen-bond donors (Lipinski definition) is 5. The predicted molar refractivity (Wildman–Crippen MR) is 63.9 cm³/mol. The smallest absolute Gasteiger partial charge is 0.186 e. The van der Waals surface area contributed by atoms with E-state index >= 15 is 0 Å². The third-order valence-electron chi connectivity index (χ3n) is 3.16. The number of aromatic nitrogens is 5. The molecule has 6 N–H and O–H groups in total. The van der Waals surface area contributed by atoms with E-state index in [1.54, 1.807) is 0 Å². The first kappa shape index (κ1) is 13.1. The van der Waals surface area contributed by atoms with E-state index in [9.17, 15) is 10.2 Å². The Labute approximate surface area is 112 Å². The zero-order chi connectivity index (χ0) is 14.3. The zero-order valence-electron chi connectivity index (χ0n) is 10.2. The van der Waals surface area contributed by atoms with Crippen molar-refractivity contribution in [2.75, 3.05) is 12.0 Å². The predicted octanol–water partition coefficient (Wildman–Crippen LogP) is -2.88. The van der Waals surface area contributed by atoms with Crippen LogP contribution in [-0.4, -0.2) is 65.2 Å². The van der Waals surface area contributed by atoms with Crippen LogP contribution >= 0.6 is 0 Å². The highest BCUT2D eigenvalue weighted by atomic mass is 16.6. The molecular formula is C9H13N7O4. The van der Waals surface area contributed by atoms with Crippen LogP contribution in [0.2, 0.25) is 0 Å². The Kier molecular flexibility index (Phi) is 3.19. The highest BCUT2D eigenvalue weighted by Crippen LogP contribution is 2.30. The number of hydrogen-bond acceptors (Lipinski definition) is 10. The lowest BCUT2D eigenvalue weighted by Gasteiger charge is -2.14. The Balaban J connectivity index is 2.03. The molecule has 1 aliphatic heterocycles. The molecule has 11 nitrogen and oxygen atoms in total. The molecule has 3 rings (SSSR count). The van der Waals surface area contributed by atoms with Gasteiger partial charge in [0.05, 0.1) is 6.61 Å². The van der Waals surface area contributed by atoms with Crippen molar-refractivity contribution in [1.29, 1.82) is 0 Å². The van der Waals surface area contributed by atoms with Gasteiger partial charge >= 0.3 is 0 Å². The number of anilines is 1. The number of nitrogen functional groups attached to an aromatic ring is 1. The highest BCUT2D eigenvalue weighted by molar-refractivity contribution is 5.81. The first-order chi connectivity index (χ1) is 9.67. The van der Waals surface area contributed by atoms with E-state index in [-0.39, 0.29) is 11.5 Å². The fourth-order valence-electron chi connectivity index (χ4n) is 2.12. The summed E-state index contributed by atoms with van der Waals surface area (Å²) in [5, 5.41) is 36.5. The maximum atomic E-state index is 9.96. The monoisotopic (exact) mass is 283 g/mol. The largest absolute Gasteiger partial charge is 0.394 e. The molecule has 1 saturated heterocycles. The van der Waals surface area contributed by atoms with Crippen molar-refractivity contribution in [3.05, 3.63) is 6.33 Å². The Morgan fingerprint density at radius 2 is 2.15 bits per heavy atom. The van der Waals surface area contributed by atoms with Crippen molar-refractivity contribution < 1.29 is 20.1 Å². The lowest BCUT2D eigenvalue weighted by molar-refractivity contribution is -0.0574. The van der Waals surface area contributed by atoms with Crippen LogP contribution in [0.4, 0.5) is 5.82 Å². The molecule has 0 amide bonds. The average Bonchev–Trinajstić information content (AvgIpc) is 3.01. The summed E-state index contributed by atoms with van der Waals surface area (Å²) in [5.41, 5.74) is 2.93. The van der Waals surface area contributed by atoms with Crippen LogP contribution < -0.4 is 11.3 Å². The minimum Gasteiger partial charge on any atom is -0.394 e. The van der Waals surface area contributed by atoms with Gasteiger partial charge in [-0.1, -0.05) is 5.21 Å². The maximum Gasteiger partial charge on any atom is 0.186 e. The molecule has 1 aliphatic rings. The van der Waals surface area contributed by atoms with Gasteiger partial charge < -0.3 is 25.5 Å². The fraction of sp³-hybridized carbons (Fsp3) is 0.556. The lowest BCUT2D eigenvalue weighted by Crippen LogP contribution is -2.33. The van der Waals surface area contributed by atoms with E-state index < -0.39 is 31.1 Å². The molecule has 20 heavy (non-hydrogen) atoms. The van der Waals surface area contributed by atoms with E-state index in [1.165, 1.54) is 11.0 Å². The number of rotatable bonds is 3. The fourth-order valence-corrected chi connectivity index (χ4v) is 2.12. The summed E-state index contributed by atoms with van der Waals surface area (Å²) in [5.74, 6) is 5.57. The van der Waals surface area contributed by atoms with Gasteiger partial charge in [0.15, 0.2) is 23.2 Å². The van der Waals surface area contributed by atoms with Gasteiger partial charge in [-0.05, 0) is 0 Å². The molecule has 0 aliphatic carbocycles. The Hall–Kier alpha value is -1.92. The normalized spacial score (nSPS) is 30.0. The van der Waals surface area contributed by atoms with Gasteiger partial charge in [0.1, 0.15) is 24.6 Å². The summed E-state index contributed by atoms with van der Waals surface area (Å²) < 4.78 is 6.57. The average molecular weight is 283 g/mol. The number of aliphatic hydroxyl groups is 3. The lowest BCUT2D eigenvalue weighted by atomic mass is 10.1. The van der Waals surface area contributed by atoms with Crippen molar-refractivity contribution in [3.63, 3.8) is 0 Å². The number of fused-ring (bicyclic) bond motifs is 1. The second kappa shape index (κ2) is 4.88. The standard InChI is InChI=1S/C9H13N7O4/c10-13-7-4-8(12-2-11-7)16(15-14-4)9-6(19)5(18)3(1-17)20-9/h2-3,5-6,9,17-19H,1,10H2,(H,11,12,13)/t3-,5?,6?,9-/m1/s1. The molecule has 0 saturated carbocycles. The second-order valence-electron chi connectivity index (χ2n) is 4.30. The molecule has 2 aromatic rings. The van der Waals surface area contributed by atoms with Crippen LogP contribution in [0.15, 0.2) is 6.33 Å². The molecule has 11 heteroatoms. The van der Waals surface area contributed by atoms with E-state index in [1.807, 2.05) is 0 Å². The van der Waals surface area contributed by atoms with E-state index in [0.717, 1.165) is 0 Å². The van der Waals surface area contributed by atoms with Gasteiger partial charge in [-0.15, -0.1) is 5.10 Å². The molecule has 2 aromatic heterocycles. The van der Waals surface area contributed by atoms with Gasteiger partial charge in [0.2, 0.25) is 0 Å². The van der Waals surface area contributed by atoms with Crippen LogP contribution in [0.25, 0.3) is 11.2 Å². The molecule has 0 radical (unpaired) electrons. The number of nitrogens with one attached hydrogen (secondary N) is 1. The summed E-state index contributed by atoms with van der Waals surface area (Å²) in [6.45, 7) is -0.425. The number of nitrogens with zero attached hydrogens (tertiary/aromatic N) is 5. The molecule has 2 unspecified atom stereocenters. The summed E-state index contributed by atoms with van der Waals surface area (Å²) in [6, 6.07) is 0. The first-order valence-corrected chi connectivity index (χ1v) is 5.82. The minimum absolute atomic E-state index is 0.271. The number of hydrazine groups is 1. The van der Waals surface area contributed by atoms with Crippen LogP contribution in [0.3, 0.4) is 0 Å². The van der Waals surface area contributed by atoms with E-state index in [2.05, 4.69) is 25.7 Å². The Morgan fingerprint density at radius 3 is 2.80 bits per heavy atom. The summed E-state index contributed by atoms with van der Waals surface area (Å²) in [6.07, 6.45) is -3.14. The van der Waals surface area contributed by atoms with Crippen molar-refractivity contribution in [2.45, 2.75) is 24.5 Å². The molecular weight excluding hydrogens is 270 g/mol. The molecule has 0 spiro atoms. The zero-order valence-corrected chi connectivity index (χ0v) is 10.2. The maximum absolute atomic E-state index is 9.96. The molecule has 108 valence electrons. The van der Waals surface area contributed by atoms with Crippen molar-refractivity contribution in [2.24, 2.45) is 5.84 Å². The number of ether oxygens (including phenoxy) is 1. The number of nitrogens with two attached hydrogens (primary N) is 1. The molecule has 1 fully saturated rings. The summed E-state index contributed by atoms with van der Waals surface area (Å²) in [7, 11) is 0. The minimum atomic E-state index is -1.26. The molecule has 3 heterocycles. The number of aliphatic hydroxyl groups excluding tert-OH is 3. The van der Waals surface area contributed by atoms with Gasteiger partial charge in [-0.3, -0.25) is 0 Å². The van der Waals surface area contributed by atoms with Crippen LogP contribution in [0, 0.1) is 0 Å². The van der Waals surface area contributed by atoms with Gasteiger partial charge in [0.25, 0.3) is 0 Å². The molecule has 0 bridgehead atoms. The van der Waals surface area contributed by atoms with Gasteiger partial charge in [-0.25, -0.2) is 15.8 Å². The van der Waals surface area contributed by atoms with E-state index in [4.69, 9.17) is 15.7 Å². The Morgan fingerprint density at radius 1 is 1.35 bits per heavy atom. The second-order valence-corrected chi connectivity index (χ2v) is 4.30. The quantitative estimate of drug-likeness (QED) is 0.292. The van der Waals surface area contributed by atoms with Crippen molar-refractivity contribution >= 4 is 17.0 Å². The third kappa shape index (κ3) is 1.80. The summed E-state index contributed by atoms with van der Waals surface area (Å²) >= 11 is 0. The van der Waals surface area contributed by atoms with Crippen LogP contribution in [0.5, 0.6) is 0 Å². The van der Waals surface area contributed by atoms with Crippen molar-refractivity contribution in [3.8, 4) is 0 Å². The van der Waals surface area contributed by atoms with Gasteiger partial charge in [0, 0.05) is 0 Å². The Bertz CT molecular complexity index is 619. The van der Waals surface area contributed by atoms with E-state index in [0.29, 0.717) is 5.52 Å². The first-order valence-electron chi connectivity index (χ1n) is 5.82. The highest BCUT2D eigenvalue weighted by Gasteiger charge is 2.44. The SMILES string of the molecule is NNc1ncnc2c1nnn2[C@@H]1O[C@H](CO)C(O)C1O. The summed E-state index contributed by atoms with van der Waals surface area (Å²) in [4.78, 5) is 7.88. The topological polar surface area (TPSA) is 164 Å².